The van der Waals surface area contributed by atoms with Gasteiger partial charge < -0.3 is 19.3 Å². The van der Waals surface area contributed by atoms with Crippen LogP contribution in [-0.4, -0.2) is 68.8 Å². The molecular formula is C24H28N8O2. The van der Waals surface area contributed by atoms with Crippen LogP contribution >= 0.6 is 0 Å². The van der Waals surface area contributed by atoms with E-state index in [9.17, 15) is 0 Å². The summed E-state index contributed by atoms with van der Waals surface area (Å²) in [5.41, 5.74) is 2.42. The van der Waals surface area contributed by atoms with Crippen LogP contribution in [0.15, 0.2) is 30.6 Å². The summed E-state index contributed by atoms with van der Waals surface area (Å²) in [6.45, 7) is 4.82. The van der Waals surface area contributed by atoms with Crippen molar-refractivity contribution in [2.24, 2.45) is 5.92 Å². The second-order valence-electron chi connectivity index (χ2n) is 9.61. The number of rotatable bonds is 5. The smallest absolute Gasteiger partial charge is 0.291 e. The van der Waals surface area contributed by atoms with Crippen LogP contribution in [0.3, 0.4) is 0 Å². The average molecular weight is 461 g/mol. The van der Waals surface area contributed by atoms with Crippen molar-refractivity contribution in [3.05, 3.63) is 30.6 Å². The van der Waals surface area contributed by atoms with Crippen LogP contribution in [0.5, 0.6) is 5.75 Å². The third-order valence-electron chi connectivity index (χ3n) is 6.79. The van der Waals surface area contributed by atoms with Crippen molar-refractivity contribution in [1.29, 1.82) is 10.8 Å². The highest BCUT2D eigenvalue weighted by Crippen LogP contribution is 2.40. The molecule has 1 aliphatic heterocycles. The van der Waals surface area contributed by atoms with Crippen LogP contribution in [0.1, 0.15) is 32.6 Å². The molecule has 0 unspecified atom stereocenters. The zero-order valence-corrected chi connectivity index (χ0v) is 19.2. The molecule has 2 aromatic heterocycles. The monoisotopic (exact) mass is 460 g/mol. The number of H-pyrrole nitrogens is 1. The molecule has 3 fully saturated rings. The first kappa shape index (κ1) is 20.9. The molecule has 2 saturated carbocycles. The van der Waals surface area contributed by atoms with E-state index in [2.05, 4.69) is 32.0 Å². The topological polar surface area (TPSA) is 127 Å². The Hall–Kier alpha value is -3.69. The third-order valence-corrected chi connectivity index (χ3v) is 6.79. The van der Waals surface area contributed by atoms with Gasteiger partial charge in [0.1, 0.15) is 29.2 Å². The SMILES string of the molecule is CC1(Oc2ccc3[nH]nc(-c4cc(N5CCN(C(=N)OC(=N)C6CC6)CC5)ncn4)c3c2)CC1. The Morgan fingerprint density at radius 1 is 1.09 bits per heavy atom. The Bertz CT molecular complexity index is 1250. The van der Waals surface area contributed by atoms with Crippen LogP contribution in [0.4, 0.5) is 5.82 Å². The highest BCUT2D eigenvalue weighted by atomic mass is 16.5. The second-order valence-corrected chi connectivity index (χ2v) is 9.61. The van der Waals surface area contributed by atoms with Gasteiger partial charge in [0.2, 0.25) is 0 Å². The molecule has 10 nitrogen and oxygen atoms in total. The molecule has 3 aromatic rings. The van der Waals surface area contributed by atoms with E-state index in [1.54, 1.807) is 6.33 Å². The number of piperazine rings is 1. The Kier molecular flexibility index (Phi) is 4.89. The van der Waals surface area contributed by atoms with Crippen LogP contribution in [0.25, 0.3) is 22.3 Å². The van der Waals surface area contributed by atoms with Crippen molar-refractivity contribution in [2.45, 2.75) is 38.2 Å². The molecule has 0 atom stereocenters. The number of nitrogens with zero attached hydrogens (tertiary/aromatic N) is 5. The summed E-state index contributed by atoms with van der Waals surface area (Å²) in [6.07, 6.45) is 5.73. The summed E-state index contributed by atoms with van der Waals surface area (Å²) in [6, 6.07) is 8.04. The molecule has 10 heteroatoms. The van der Waals surface area contributed by atoms with Gasteiger partial charge in [0.25, 0.3) is 6.02 Å². The van der Waals surface area contributed by atoms with Gasteiger partial charge >= 0.3 is 0 Å². The highest BCUT2D eigenvalue weighted by Gasteiger charge is 2.40. The maximum atomic E-state index is 8.18. The average Bonchev–Trinajstić information content (AvgIpc) is 3.78. The molecule has 0 bridgehead atoms. The molecule has 0 amide bonds. The van der Waals surface area contributed by atoms with Gasteiger partial charge in [0.15, 0.2) is 5.90 Å². The molecule has 3 aliphatic rings. The zero-order chi connectivity index (χ0) is 23.3. The van der Waals surface area contributed by atoms with Crippen LogP contribution < -0.4 is 9.64 Å². The summed E-state index contributed by atoms with van der Waals surface area (Å²) in [4.78, 5) is 13.0. The van der Waals surface area contributed by atoms with E-state index in [4.69, 9.17) is 20.3 Å². The molecule has 6 rings (SSSR count). The lowest BCUT2D eigenvalue weighted by Gasteiger charge is -2.35. The molecule has 1 aromatic carbocycles. The number of benzene rings is 1. The predicted octanol–water partition coefficient (Wildman–Crippen LogP) is 3.41. The van der Waals surface area contributed by atoms with Gasteiger partial charge in [-0.3, -0.25) is 15.9 Å². The number of hydrogen-bond acceptors (Lipinski definition) is 8. The minimum Gasteiger partial charge on any atom is -0.488 e. The molecule has 0 spiro atoms. The highest BCUT2D eigenvalue weighted by molar-refractivity contribution is 5.93. The minimum absolute atomic E-state index is 0.0403. The Morgan fingerprint density at radius 3 is 2.62 bits per heavy atom. The second kappa shape index (κ2) is 7.96. The van der Waals surface area contributed by atoms with Crippen molar-refractivity contribution in [3.8, 4) is 17.1 Å². The van der Waals surface area contributed by atoms with Gasteiger partial charge in [-0.15, -0.1) is 0 Å². The lowest BCUT2D eigenvalue weighted by atomic mass is 10.1. The van der Waals surface area contributed by atoms with E-state index >= 15 is 0 Å². The van der Waals surface area contributed by atoms with Crippen LogP contribution in [0, 0.1) is 16.7 Å². The summed E-state index contributed by atoms with van der Waals surface area (Å²) in [5.74, 6) is 2.11. The number of amidine groups is 1. The fourth-order valence-electron chi connectivity index (χ4n) is 4.20. The van der Waals surface area contributed by atoms with Gasteiger partial charge in [0, 0.05) is 43.5 Å². The fourth-order valence-corrected chi connectivity index (χ4v) is 4.20. The number of anilines is 1. The fraction of sp³-hybridized carbons (Fsp3) is 0.458. The van der Waals surface area contributed by atoms with Gasteiger partial charge in [0.05, 0.1) is 11.2 Å². The van der Waals surface area contributed by atoms with Crippen molar-refractivity contribution < 1.29 is 9.47 Å². The number of nitrogens with one attached hydrogen (secondary N) is 3. The van der Waals surface area contributed by atoms with E-state index in [1.165, 1.54) is 0 Å². The minimum atomic E-state index is -0.0403. The number of hydrogen-bond donors (Lipinski definition) is 3. The van der Waals surface area contributed by atoms with Crippen molar-refractivity contribution >= 4 is 28.6 Å². The lowest BCUT2D eigenvalue weighted by molar-refractivity contribution is 0.200. The molecule has 3 N–H and O–H groups in total. The number of ether oxygens (including phenoxy) is 2. The normalized spacial score (nSPS) is 19.2. The third kappa shape index (κ3) is 4.15. The summed E-state index contributed by atoms with van der Waals surface area (Å²) < 4.78 is 11.6. The summed E-state index contributed by atoms with van der Waals surface area (Å²) >= 11 is 0. The van der Waals surface area contributed by atoms with Crippen molar-refractivity contribution in [1.82, 2.24) is 25.1 Å². The van der Waals surface area contributed by atoms with Crippen molar-refractivity contribution in [3.63, 3.8) is 0 Å². The van der Waals surface area contributed by atoms with Gasteiger partial charge in [-0.2, -0.15) is 5.10 Å². The Labute approximate surface area is 197 Å². The first-order valence-electron chi connectivity index (χ1n) is 11.8. The maximum absolute atomic E-state index is 8.18. The lowest BCUT2D eigenvalue weighted by Crippen LogP contribution is -2.49. The largest absolute Gasteiger partial charge is 0.488 e. The molecule has 1 saturated heterocycles. The molecule has 0 radical (unpaired) electrons. The number of aromatic amines is 1. The van der Waals surface area contributed by atoms with E-state index in [-0.39, 0.29) is 23.4 Å². The zero-order valence-electron chi connectivity index (χ0n) is 19.2. The summed E-state index contributed by atoms with van der Waals surface area (Å²) in [7, 11) is 0. The molecule has 2 aliphatic carbocycles. The molecule has 3 heterocycles. The van der Waals surface area contributed by atoms with E-state index in [1.807, 2.05) is 29.2 Å². The number of fused-ring (bicyclic) bond motifs is 1. The molecule has 34 heavy (non-hydrogen) atoms. The first-order chi connectivity index (χ1) is 16.5. The molecular weight excluding hydrogens is 432 g/mol. The predicted molar refractivity (Wildman–Crippen MR) is 128 cm³/mol. The van der Waals surface area contributed by atoms with Gasteiger partial charge in [-0.05, 0) is 50.8 Å². The van der Waals surface area contributed by atoms with Gasteiger partial charge in [-0.1, -0.05) is 0 Å². The standard InChI is InChI=1S/C24H28N8O2/c1-24(6-7-24)34-16-4-5-18-17(12-16)21(30-29-18)19-13-20(28-14-27-19)31-8-10-32(11-9-31)23(26)33-22(25)15-2-3-15/h4-5,12-15,25-26H,2-3,6-11H2,1H3,(H,29,30). The van der Waals surface area contributed by atoms with Gasteiger partial charge in [-0.25, -0.2) is 9.97 Å². The first-order valence-corrected chi connectivity index (χ1v) is 11.8. The van der Waals surface area contributed by atoms with E-state index in [0.717, 1.165) is 59.5 Å². The van der Waals surface area contributed by atoms with Crippen molar-refractivity contribution in [2.75, 3.05) is 31.1 Å². The maximum Gasteiger partial charge on any atom is 0.291 e. The van der Waals surface area contributed by atoms with Crippen LogP contribution in [0.2, 0.25) is 0 Å². The van der Waals surface area contributed by atoms with E-state index in [0.29, 0.717) is 26.2 Å². The quantitative estimate of drug-likeness (QED) is 0.393. The van der Waals surface area contributed by atoms with E-state index < -0.39 is 0 Å². The summed E-state index contributed by atoms with van der Waals surface area (Å²) in [5, 5.41) is 24.7. The Morgan fingerprint density at radius 2 is 1.88 bits per heavy atom. The van der Waals surface area contributed by atoms with Crippen LogP contribution in [-0.2, 0) is 4.74 Å². The molecule has 176 valence electrons. The Balaban J connectivity index is 1.16. The number of aromatic nitrogens is 4.